The average molecular weight is 265 g/mol. The molecule has 1 atom stereocenters. The zero-order chi connectivity index (χ0) is 12.5. The van der Waals surface area contributed by atoms with E-state index in [1.165, 1.54) is 37.1 Å². The van der Waals surface area contributed by atoms with Crippen LogP contribution in [0, 0.1) is 12.8 Å². The van der Waals surface area contributed by atoms with Crippen molar-refractivity contribution in [2.24, 2.45) is 5.92 Å². The van der Waals surface area contributed by atoms with E-state index in [0.717, 1.165) is 30.1 Å². The average Bonchev–Trinajstić information content (AvgIpc) is 3.08. The molecule has 1 aromatic carbocycles. The van der Waals surface area contributed by atoms with Gasteiger partial charge in [0.1, 0.15) is 0 Å². The first-order chi connectivity index (χ1) is 8.72. The van der Waals surface area contributed by atoms with Gasteiger partial charge in [0.2, 0.25) is 0 Å². The van der Waals surface area contributed by atoms with Gasteiger partial charge in [0.05, 0.1) is 10.7 Å². The van der Waals surface area contributed by atoms with Gasteiger partial charge >= 0.3 is 0 Å². The number of nitrogens with one attached hydrogen (secondary N) is 1. The first-order valence-corrected chi connectivity index (χ1v) is 7.34. The predicted octanol–water partition coefficient (Wildman–Crippen LogP) is 3.23. The van der Waals surface area contributed by atoms with Crippen LogP contribution in [0.4, 0.5) is 5.69 Å². The molecule has 0 spiro atoms. The Balaban J connectivity index is 1.61. The molecule has 1 unspecified atom stereocenters. The molecule has 1 N–H and O–H groups in total. The first-order valence-electron chi connectivity index (χ1n) is 6.97. The van der Waals surface area contributed by atoms with E-state index in [4.69, 9.17) is 11.6 Å². The van der Waals surface area contributed by atoms with Gasteiger partial charge in [0, 0.05) is 19.1 Å². The standard InChI is InChI=1S/C15H21ClN2/c1-11-2-5-14(16)15(8-11)18-7-6-12(10-18)9-17-13-3-4-13/h2,5,8,12-13,17H,3-4,6-7,9-10H2,1H3. The van der Waals surface area contributed by atoms with Gasteiger partial charge in [-0.25, -0.2) is 0 Å². The Hall–Kier alpha value is -0.730. The van der Waals surface area contributed by atoms with E-state index in [1.807, 2.05) is 6.07 Å². The molecule has 18 heavy (non-hydrogen) atoms. The minimum atomic E-state index is 0.780. The van der Waals surface area contributed by atoms with Crippen LogP contribution in [-0.2, 0) is 0 Å². The molecule has 2 nitrogen and oxygen atoms in total. The highest BCUT2D eigenvalue weighted by molar-refractivity contribution is 6.33. The Morgan fingerprint density at radius 1 is 1.33 bits per heavy atom. The Kier molecular flexibility index (Phi) is 3.49. The van der Waals surface area contributed by atoms with Crippen LogP contribution >= 0.6 is 11.6 Å². The summed E-state index contributed by atoms with van der Waals surface area (Å²) >= 11 is 6.30. The minimum Gasteiger partial charge on any atom is -0.370 e. The highest BCUT2D eigenvalue weighted by Gasteiger charge is 2.27. The monoisotopic (exact) mass is 264 g/mol. The summed E-state index contributed by atoms with van der Waals surface area (Å²) < 4.78 is 0. The van der Waals surface area contributed by atoms with E-state index in [0.29, 0.717) is 0 Å². The Morgan fingerprint density at radius 2 is 2.17 bits per heavy atom. The molecule has 1 aliphatic heterocycles. The maximum Gasteiger partial charge on any atom is 0.0639 e. The van der Waals surface area contributed by atoms with Crippen LogP contribution in [0.1, 0.15) is 24.8 Å². The van der Waals surface area contributed by atoms with Crippen molar-refractivity contribution in [1.29, 1.82) is 0 Å². The molecule has 0 aromatic heterocycles. The summed E-state index contributed by atoms with van der Waals surface area (Å²) in [5.41, 5.74) is 2.50. The molecule has 1 aromatic rings. The van der Waals surface area contributed by atoms with Gasteiger partial charge in [-0.3, -0.25) is 0 Å². The molecular weight excluding hydrogens is 244 g/mol. The van der Waals surface area contributed by atoms with Crippen LogP contribution in [-0.4, -0.2) is 25.7 Å². The van der Waals surface area contributed by atoms with E-state index in [9.17, 15) is 0 Å². The van der Waals surface area contributed by atoms with Crippen molar-refractivity contribution < 1.29 is 0 Å². The highest BCUT2D eigenvalue weighted by atomic mass is 35.5. The lowest BCUT2D eigenvalue weighted by molar-refractivity contribution is 0.515. The Bertz CT molecular complexity index is 429. The fourth-order valence-corrected chi connectivity index (χ4v) is 2.94. The second kappa shape index (κ2) is 5.10. The number of anilines is 1. The fraction of sp³-hybridized carbons (Fsp3) is 0.600. The predicted molar refractivity (Wildman–Crippen MR) is 77.5 cm³/mol. The number of halogens is 1. The van der Waals surface area contributed by atoms with Crippen molar-refractivity contribution in [3.63, 3.8) is 0 Å². The van der Waals surface area contributed by atoms with Gasteiger partial charge in [-0.05, 0) is 56.3 Å². The molecule has 0 amide bonds. The third kappa shape index (κ3) is 2.81. The Labute approximate surface area is 114 Å². The molecule has 0 bridgehead atoms. The molecule has 2 fully saturated rings. The van der Waals surface area contributed by atoms with E-state index in [-0.39, 0.29) is 0 Å². The third-order valence-electron chi connectivity index (χ3n) is 4.00. The van der Waals surface area contributed by atoms with Crippen LogP contribution < -0.4 is 10.2 Å². The topological polar surface area (TPSA) is 15.3 Å². The van der Waals surface area contributed by atoms with Gasteiger partial charge in [-0.1, -0.05) is 17.7 Å². The zero-order valence-electron chi connectivity index (χ0n) is 11.0. The van der Waals surface area contributed by atoms with Crippen molar-refractivity contribution in [1.82, 2.24) is 5.32 Å². The normalized spacial score (nSPS) is 23.7. The lowest BCUT2D eigenvalue weighted by Crippen LogP contribution is -2.27. The van der Waals surface area contributed by atoms with Gasteiger partial charge < -0.3 is 10.2 Å². The number of hydrogen-bond donors (Lipinski definition) is 1. The van der Waals surface area contributed by atoms with Gasteiger partial charge in [0.25, 0.3) is 0 Å². The number of aryl methyl sites for hydroxylation is 1. The van der Waals surface area contributed by atoms with Gasteiger partial charge in [-0.15, -0.1) is 0 Å². The van der Waals surface area contributed by atoms with Crippen molar-refractivity contribution in [2.75, 3.05) is 24.5 Å². The first kappa shape index (κ1) is 12.3. The van der Waals surface area contributed by atoms with Crippen molar-refractivity contribution in [2.45, 2.75) is 32.2 Å². The maximum absolute atomic E-state index is 6.30. The number of rotatable bonds is 4. The summed E-state index contributed by atoms with van der Waals surface area (Å²) in [6.45, 7) is 5.58. The van der Waals surface area contributed by atoms with E-state index < -0.39 is 0 Å². The van der Waals surface area contributed by atoms with Crippen molar-refractivity contribution >= 4 is 17.3 Å². The lowest BCUT2D eigenvalue weighted by atomic mass is 10.1. The Morgan fingerprint density at radius 3 is 2.94 bits per heavy atom. The molecule has 1 saturated carbocycles. The molecule has 98 valence electrons. The molecule has 3 heteroatoms. The fourth-order valence-electron chi connectivity index (χ4n) is 2.70. The highest BCUT2D eigenvalue weighted by Crippen LogP contribution is 2.31. The van der Waals surface area contributed by atoms with E-state index >= 15 is 0 Å². The van der Waals surface area contributed by atoms with Gasteiger partial charge in [0.15, 0.2) is 0 Å². The SMILES string of the molecule is Cc1ccc(Cl)c(N2CCC(CNC3CC3)C2)c1. The second-order valence-corrected chi connectivity index (χ2v) is 6.15. The largest absolute Gasteiger partial charge is 0.370 e. The van der Waals surface area contributed by atoms with Crippen LogP contribution in [0.25, 0.3) is 0 Å². The molecule has 2 aliphatic rings. The summed E-state index contributed by atoms with van der Waals surface area (Å²) in [7, 11) is 0. The van der Waals surface area contributed by atoms with E-state index in [1.54, 1.807) is 0 Å². The van der Waals surface area contributed by atoms with Gasteiger partial charge in [-0.2, -0.15) is 0 Å². The lowest BCUT2D eigenvalue weighted by Gasteiger charge is -2.20. The zero-order valence-corrected chi connectivity index (χ0v) is 11.7. The third-order valence-corrected chi connectivity index (χ3v) is 4.32. The summed E-state index contributed by atoms with van der Waals surface area (Å²) in [6, 6.07) is 7.12. The molecule has 0 radical (unpaired) electrons. The number of benzene rings is 1. The van der Waals surface area contributed by atoms with Crippen molar-refractivity contribution in [3.8, 4) is 0 Å². The van der Waals surface area contributed by atoms with E-state index in [2.05, 4.69) is 29.3 Å². The van der Waals surface area contributed by atoms with Crippen LogP contribution in [0.15, 0.2) is 18.2 Å². The molecule has 3 rings (SSSR count). The summed E-state index contributed by atoms with van der Waals surface area (Å²) in [5, 5.41) is 4.52. The minimum absolute atomic E-state index is 0.780. The smallest absolute Gasteiger partial charge is 0.0639 e. The van der Waals surface area contributed by atoms with Crippen LogP contribution in [0.5, 0.6) is 0 Å². The maximum atomic E-state index is 6.30. The number of hydrogen-bond acceptors (Lipinski definition) is 2. The summed E-state index contributed by atoms with van der Waals surface area (Å²) in [4.78, 5) is 2.44. The molecule has 1 saturated heterocycles. The molecule has 1 aliphatic carbocycles. The molecular formula is C15H21ClN2. The quantitative estimate of drug-likeness (QED) is 0.898. The summed E-state index contributed by atoms with van der Waals surface area (Å²) in [5.74, 6) is 0.780. The van der Waals surface area contributed by atoms with Crippen LogP contribution in [0.3, 0.4) is 0 Å². The summed E-state index contributed by atoms with van der Waals surface area (Å²) in [6.07, 6.45) is 4.03. The van der Waals surface area contributed by atoms with Crippen LogP contribution in [0.2, 0.25) is 5.02 Å². The van der Waals surface area contributed by atoms with Crippen molar-refractivity contribution in [3.05, 3.63) is 28.8 Å². The molecule has 1 heterocycles. The number of nitrogens with zero attached hydrogens (tertiary/aromatic N) is 1. The second-order valence-electron chi connectivity index (χ2n) is 5.74.